The number of amides is 1. The Morgan fingerprint density at radius 1 is 1.38 bits per heavy atom. The molecule has 2 heterocycles. The molecule has 0 saturated heterocycles. The van der Waals surface area contributed by atoms with Crippen molar-refractivity contribution in [2.75, 3.05) is 6.54 Å². The fourth-order valence-corrected chi connectivity index (χ4v) is 2.24. The molecule has 1 aliphatic rings. The molecule has 82 valence electrons. The third kappa shape index (κ3) is 1.23. The van der Waals surface area contributed by atoms with Crippen LogP contribution in [-0.2, 0) is 6.42 Å². The van der Waals surface area contributed by atoms with Gasteiger partial charge in [0.25, 0.3) is 5.91 Å². The van der Waals surface area contributed by atoms with Crippen molar-refractivity contribution in [3.05, 3.63) is 34.2 Å². The van der Waals surface area contributed by atoms with Crippen LogP contribution in [0.3, 0.4) is 0 Å². The largest absolute Gasteiger partial charge is 0.358 e. The van der Waals surface area contributed by atoms with Crippen molar-refractivity contribution in [3.8, 4) is 0 Å². The maximum absolute atomic E-state index is 13.3. The first kappa shape index (κ1) is 9.66. The highest BCUT2D eigenvalue weighted by atomic mass is 35.5. The smallest absolute Gasteiger partial charge is 0.253 e. The molecule has 3 rings (SSSR count). The predicted molar refractivity (Wildman–Crippen MR) is 59.3 cm³/mol. The van der Waals surface area contributed by atoms with Gasteiger partial charge < -0.3 is 10.3 Å². The number of aromatic amines is 1. The van der Waals surface area contributed by atoms with Gasteiger partial charge in [0.1, 0.15) is 5.82 Å². The summed E-state index contributed by atoms with van der Waals surface area (Å²) < 4.78 is 13.3. The maximum atomic E-state index is 13.3. The minimum absolute atomic E-state index is 0.0616. The maximum Gasteiger partial charge on any atom is 0.253 e. The monoisotopic (exact) mass is 238 g/mol. The highest BCUT2D eigenvalue weighted by Gasteiger charge is 2.22. The van der Waals surface area contributed by atoms with Gasteiger partial charge in [-0.25, -0.2) is 4.39 Å². The van der Waals surface area contributed by atoms with Crippen molar-refractivity contribution in [2.45, 2.75) is 6.42 Å². The molecule has 0 radical (unpaired) electrons. The van der Waals surface area contributed by atoms with Gasteiger partial charge >= 0.3 is 0 Å². The van der Waals surface area contributed by atoms with E-state index in [2.05, 4.69) is 10.3 Å². The molecule has 3 nitrogen and oxygen atoms in total. The third-order valence-corrected chi connectivity index (χ3v) is 3.09. The molecule has 1 aromatic heterocycles. The number of halogens is 2. The first-order valence-corrected chi connectivity index (χ1v) is 5.32. The zero-order valence-electron chi connectivity index (χ0n) is 8.23. The van der Waals surface area contributed by atoms with E-state index in [9.17, 15) is 9.18 Å². The molecule has 1 amide bonds. The Labute approximate surface area is 95.6 Å². The predicted octanol–water partition coefficient (Wildman–Crippen LogP) is 2.25. The first-order chi connectivity index (χ1) is 7.66. The number of H-pyrrole nitrogens is 1. The zero-order valence-corrected chi connectivity index (χ0v) is 8.99. The molecule has 2 N–H and O–H groups in total. The molecule has 0 aliphatic carbocycles. The van der Waals surface area contributed by atoms with Crippen LogP contribution in [0.4, 0.5) is 4.39 Å². The van der Waals surface area contributed by atoms with Crippen LogP contribution >= 0.6 is 11.6 Å². The summed E-state index contributed by atoms with van der Waals surface area (Å²) in [5, 5.41) is 3.39. The van der Waals surface area contributed by atoms with E-state index in [1.54, 1.807) is 0 Å². The molecule has 0 fully saturated rings. The van der Waals surface area contributed by atoms with E-state index in [0.29, 0.717) is 23.0 Å². The van der Waals surface area contributed by atoms with Crippen LogP contribution in [0.15, 0.2) is 12.1 Å². The Morgan fingerprint density at radius 2 is 2.19 bits per heavy atom. The van der Waals surface area contributed by atoms with Gasteiger partial charge in [0.15, 0.2) is 0 Å². The number of carbonyl (C=O) groups is 1. The van der Waals surface area contributed by atoms with Crippen molar-refractivity contribution in [2.24, 2.45) is 0 Å². The van der Waals surface area contributed by atoms with Gasteiger partial charge in [0.05, 0.1) is 10.6 Å². The van der Waals surface area contributed by atoms with E-state index in [4.69, 9.17) is 11.6 Å². The van der Waals surface area contributed by atoms with Crippen LogP contribution in [-0.4, -0.2) is 17.4 Å². The normalized spacial score (nSPS) is 15.0. The Balaban J connectivity index is 2.38. The molecule has 0 spiro atoms. The molecule has 0 unspecified atom stereocenters. The lowest BCUT2D eigenvalue weighted by Crippen LogP contribution is -2.31. The molecular formula is C11H8ClFN2O. The molecule has 1 aliphatic heterocycles. The van der Waals surface area contributed by atoms with Gasteiger partial charge in [-0.1, -0.05) is 11.6 Å². The van der Waals surface area contributed by atoms with Gasteiger partial charge in [0, 0.05) is 29.6 Å². The molecule has 0 atom stereocenters. The lowest BCUT2D eigenvalue weighted by atomic mass is 10.1. The van der Waals surface area contributed by atoms with Crippen molar-refractivity contribution >= 4 is 28.4 Å². The summed E-state index contributed by atoms with van der Waals surface area (Å²) in [7, 11) is 0. The fraction of sp³-hybridized carbons (Fsp3) is 0.182. The lowest BCUT2D eigenvalue weighted by molar-refractivity contribution is 0.0947. The van der Waals surface area contributed by atoms with E-state index < -0.39 is 5.82 Å². The molecule has 1 aromatic carbocycles. The van der Waals surface area contributed by atoms with Gasteiger partial charge in [-0.2, -0.15) is 0 Å². The summed E-state index contributed by atoms with van der Waals surface area (Å²) in [4.78, 5) is 14.8. The SMILES string of the molecule is O=C1NCCc2[nH]c3cc(Cl)c(F)cc3c21. The minimum atomic E-state index is -0.505. The first-order valence-electron chi connectivity index (χ1n) is 4.94. The van der Waals surface area contributed by atoms with E-state index in [-0.39, 0.29) is 10.9 Å². The number of rotatable bonds is 0. The lowest BCUT2D eigenvalue weighted by Gasteiger charge is -2.11. The molecular weight excluding hydrogens is 231 g/mol. The summed E-state index contributed by atoms with van der Waals surface area (Å²) >= 11 is 5.69. The van der Waals surface area contributed by atoms with E-state index in [1.165, 1.54) is 12.1 Å². The zero-order chi connectivity index (χ0) is 11.3. The van der Waals surface area contributed by atoms with Crippen LogP contribution in [0.25, 0.3) is 10.9 Å². The molecule has 2 aromatic rings. The number of fused-ring (bicyclic) bond motifs is 3. The Morgan fingerprint density at radius 3 is 3.00 bits per heavy atom. The van der Waals surface area contributed by atoms with Crippen molar-refractivity contribution < 1.29 is 9.18 Å². The van der Waals surface area contributed by atoms with Crippen LogP contribution < -0.4 is 5.32 Å². The number of benzene rings is 1. The summed E-state index contributed by atoms with van der Waals surface area (Å²) in [6.07, 6.45) is 0.731. The average Bonchev–Trinajstić information content (AvgIpc) is 2.58. The second-order valence-corrected chi connectivity index (χ2v) is 4.20. The standard InChI is InChI=1S/C11H8ClFN2O/c12-6-4-9-5(3-7(6)13)10-8(15-9)1-2-14-11(10)16/h3-4,15H,1-2H2,(H,14,16). The topological polar surface area (TPSA) is 44.9 Å². The summed E-state index contributed by atoms with van der Waals surface area (Å²) in [5.74, 6) is -0.663. The van der Waals surface area contributed by atoms with E-state index in [0.717, 1.165) is 12.1 Å². The van der Waals surface area contributed by atoms with E-state index >= 15 is 0 Å². The molecule has 0 saturated carbocycles. The summed E-state index contributed by atoms with van der Waals surface area (Å²) in [6, 6.07) is 2.82. The summed E-state index contributed by atoms with van der Waals surface area (Å²) in [5.41, 5.74) is 2.09. The Bertz CT molecular complexity index is 606. The fourth-order valence-electron chi connectivity index (χ4n) is 2.08. The van der Waals surface area contributed by atoms with Crippen molar-refractivity contribution in [1.29, 1.82) is 0 Å². The summed E-state index contributed by atoms with van der Waals surface area (Å²) in [6.45, 7) is 0.606. The number of hydrogen-bond donors (Lipinski definition) is 2. The van der Waals surface area contributed by atoms with Gasteiger partial charge in [-0.05, 0) is 12.1 Å². The molecule has 0 bridgehead atoms. The van der Waals surface area contributed by atoms with Crippen LogP contribution in [0.2, 0.25) is 5.02 Å². The molecule has 5 heteroatoms. The highest BCUT2D eigenvalue weighted by molar-refractivity contribution is 6.31. The molecule has 16 heavy (non-hydrogen) atoms. The third-order valence-electron chi connectivity index (χ3n) is 2.80. The average molecular weight is 239 g/mol. The van der Waals surface area contributed by atoms with Crippen LogP contribution in [0, 0.1) is 5.82 Å². The quantitative estimate of drug-likeness (QED) is 0.727. The Kier molecular flexibility index (Phi) is 1.94. The van der Waals surface area contributed by atoms with Crippen molar-refractivity contribution in [3.63, 3.8) is 0 Å². The van der Waals surface area contributed by atoms with Crippen molar-refractivity contribution in [1.82, 2.24) is 10.3 Å². The minimum Gasteiger partial charge on any atom is -0.358 e. The van der Waals surface area contributed by atoms with E-state index in [1.807, 2.05) is 0 Å². The van der Waals surface area contributed by atoms with Crippen LogP contribution in [0.1, 0.15) is 16.1 Å². The second-order valence-electron chi connectivity index (χ2n) is 3.80. The number of hydrogen-bond acceptors (Lipinski definition) is 1. The van der Waals surface area contributed by atoms with Gasteiger partial charge in [0.2, 0.25) is 0 Å². The van der Waals surface area contributed by atoms with Gasteiger partial charge in [-0.3, -0.25) is 4.79 Å². The number of nitrogens with one attached hydrogen (secondary N) is 2. The Hall–Kier alpha value is -1.55. The van der Waals surface area contributed by atoms with Crippen LogP contribution in [0.5, 0.6) is 0 Å². The second kappa shape index (κ2) is 3.22. The number of carbonyl (C=O) groups excluding carboxylic acids is 1. The number of aromatic nitrogens is 1. The highest BCUT2D eigenvalue weighted by Crippen LogP contribution is 2.28. The van der Waals surface area contributed by atoms with Gasteiger partial charge in [-0.15, -0.1) is 0 Å².